The fraction of sp³-hybridized carbons (Fsp3) is 0.438. The Bertz CT molecular complexity index is 908. The van der Waals surface area contributed by atoms with Crippen molar-refractivity contribution in [2.24, 2.45) is 7.05 Å². The van der Waals surface area contributed by atoms with Crippen LogP contribution in [-0.4, -0.2) is 44.6 Å². The van der Waals surface area contributed by atoms with E-state index in [0.717, 1.165) is 6.07 Å². The Hall–Kier alpha value is -2.85. The van der Waals surface area contributed by atoms with Gasteiger partial charge < -0.3 is 9.84 Å². The van der Waals surface area contributed by atoms with Crippen molar-refractivity contribution in [3.63, 3.8) is 0 Å². The number of carboxylic acids is 1. The van der Waals surface area contributed by atoms with E-state index in [-0.39, 0.29) is 5.92 Å². The highest BCUT2D eigenvalue weighted by molar-refractivity contribution is 5.91. The monoisotopic (exact) mass is 391 g/mol. The smallest absolute Gasteiger partial charge is 0.350 e. The van der Waals surface area contributed by atoms with Gasteiger partial charge in [-0.05, 0) is 6.07 Å². The second-order valence-electron chi connectivity index (χ2n) is 6.02. The number of alkyl halides is 3. The highest BCUT2D eigenvalue weighted by Crippen LogP contribution is 2.27. The molecule has 7 nitrogen and oxygen atoms in total. The maximum absolute atomic E-state index is 14.4. The van der Waals surface area contributed by atoms with Crippen molar-refractivity contribution in [3.05, 3.63) is 39.8 Å². The van der Waals surface area contributed by atoms with Crippen molar-refractivity contribution < 1.29 is 32.2 Å². The van der Waals surface area contributed by atoms with Gasteiger partial charge in [0.1, 0.15) is 35.3 Å². The third-order valence-electron chi connectivity index (χ3n) is 3.75. The zero-order valence-electron chi connectivity index (χ0n) is 14.6. The average Bonchev–Trinajstić information content (AvgIpc) is 2.88. The Kier molecular flexibility index (Phi) is 5.91. The normalized spacial score (nSPS) is 12.6. The zero-order valence-corrected chi connectivity index (χ0v) is 14.6. The van der Waals surface area contributed by atoms with Gasteiger partial charge in [0.05, 0.1) is 0 Å². The first-order chi connectivity index (χ1) is 12.6. The molecule has 1 atom stereocenters. The van der Waals surface area contributed by atoms with Crippen LogP contribution in [0, 0.1) is 5.82 Å². The van der Waals surface area contributed by atoms with Crippen LogP contribution in [0.15, 0.2) is 16.9 Å². The van der Waals surface area contributed by atoms with Gasteiger partial charge in [-0.1, -0.05) is 13.8 Å². The number of ether oxygens (including phenoxy) is 1. The van der Waals surface area contributed by atoms with Gasteiger partial charge in [-0.15, -0.1) is 5.10 Å². The number of carboxylic acid groups (broad SMARTS) is 1. The molecule has 0 aliphatic rings. The third kappa shape index (κ3) is 3.96. The van der Waals surface area contributed by atoms with Gasteiger partial charge in [-0.2, -0.15) is 4.68 Å². The van der Waals surface area contributed by atoms with Gasteiger partial charge in [0.25, 0.3) is 6.43 Å². The van der Waals surface area contributed by atoms with Crippen LogP contribution in [0.1, 0.15) is 35.9 Å². The van der Waals surface area contributed by atoms with Crippen LogP contribution in [0.25, 0.3) is 5.69 Å². The molecule has 0 unspecified atom stereocenters. The Labute approximate surface area is 150 Å². The average molecular weight is 391 g/mol. The zero-order chi connectivity index (χ0) is 20.5. The molecule has 0 aliphatic heterocycles. The Morgan fingerprint density at radius 2 is 1.96 bits per heavy atom. The van der Waals surface area contributed by atoms with Crippen LogP contribution in [-0.2, 0) is 7.05 Å². The van der Waals surface area contributed by atoms with E-state index >= 15 is 0 Å². The molecule has 0 bridgehead atoms. The largest absolute Gasteiger partial charge is 0.481 e. The number of benzene rings is 1. The number of rotatable bonds is 7. The summed E-state index contributed by atoms with van der Waals surface area (Å²) >= 11 is 0. The van der Waals surface area contributed by atoms with Crippen LogP contribution in [0.5, 0.6) is 5.75 Å². The van der Waals surface area contributed by atoms with Gasteiger partial charge in [0, 0.05) is 19.0 Å². The minimum Gasteiger partial charge on any atom is -0.481 e. The topological polar surface area (TPSA) is 86.4 Å². The fourth-order valence-corrected chi connectivity index (χ4v) is 2.40. The molecule has 2 rings (SSSR count). The number of hydrogen-bond acceptors (Lipinski definition) is 4. The molecule has 0 aliphatic carbocycles. The molecule has 148 valence electrons. The van der Waals surface area contributed by atoms with Gasteiger partial charge >= 0.3 is 11.7 Å². The molecule has 0 radical (unpaired) electrons. The van der Waals surface area contributed by atoms with Crippen LogP contribution in [0.4, 0.5) is 17.6 Å². The van der Waals surface area contributed by atoms with Crippen molar-refractivity contribution >= 4 is 5.97 Å². The van der Waals surface area contributed by atoms with E-state index in [2.05, 4.69) is 5.10 Å². The Morgan fingerprint density at radius 3 is 2.41 bits per heavy atom. The molecule has 2 aromatic rings. The highest BCUT2D eigenvalue weighted by atomic mass is 19.3. The quantitative estimate of drug-likeness (QED) is 0.733. The predicted molar refractivity (Wildman–Crippen MR) is 86.2 cm³/mol. The predicted octanol–water partition coefficient (Wildman–Crippen LogP) is 2.51. The fourth-order valence-electron chi connectivity index (χ4n) is 2.40. The number of halogens is 4. The maximum atomic E-state index is 14.4. The number of hydrogen-bond donors (Lipinski definition) is 1. The number of carbonyl (C=O) groups is 1. The summed E-state index contributed by atoms with van der Waals surface area (Å²) in [5.74, 6) is -3.37. The van der Waals surface area contributed by atoms with Crippen LogP contribution in [0.2, 0.25) is 0 Å². The molecule has 11 heteroatoms. The molecule has 0 amide bonds. The maximum Gasteiger partial charge on any atom is 0.350 e. The van der Waals surface area contributed by atoms with Crippen LogP contribution < -0.4 is 10.4 Å². The standard InChI is InChI=1S/C16H17F4N3O4/c1-7(2)14-21-23(16(26)22(14)3)10-5-11(27-12(6-17)13(19)20)8(15(24)25)4-9(10)18/h4-5,7,12-13H,6H2,1-3H3,(H,24,25)/t12-/m0/s1. The lowest BCUT2D eigenvalue weighted by atomic mass is 10.1. The van der Waals surface area contributed by atoms with Crippen molar-refractivity contribution in [2.75, 3.05) is 6.67 Å². The Balaban J connectivity index is 2.66. The molecular formula is C16H17F4N3O4. The highest BCUT2D eigenvalue weighted by Gasteiger charge is 2.27. The van der Waals surface area contributed by atoms with Crippen molar-refractivity contribution in [3.8, 4) is 11.4 Å². The van der Waals surface area contributed by atoms with E-state index in [1.165, 1.54) is 11.6 Å². The minimum atomic E-state index is -3.24. The molecule has 0 saturated carbocycles. The summed E-state index contributed by atoms with van der Waals surface area (Å²) < 4.78 is 59.3. The van der Waals surface area contributed by atoms with E-state index < -0.39 is 53.7 Å². The summed E-state index contributed by atoms with van der Waals surface area (Å²) in [6.45, 7) is 1.91. The van der Waals surface area contributed by atoms with E-state index in [1.807, 2.05) is 0 Å². The molecule has 27 heavy (non-hydrogen) atoms. The first kappa shape index (κ1) is 20.5. The number of nitrogens with zero attached hydrogens (tertiary/aromatic N) is 3. The summed E-state index contributed by atoms with van der Waals surface area (Å²) in [6, 6.07) is 1.24. The van der Waals surface area contributed by atoms with E-state index in [9.17, 15) is 27.2 Å². The van der Waals surface area contributed by atoms with Crippen molar-refractivity contribution in [1.82, 2.24) is 14.3 Å². The summed E-state index contributed by atoms with van der Waals surface area (Å²) in [6.07, 6.45) is -5.48. The molecule has 1 aromatic heterocycles. The second-order valence-corrected chi connectivity index (χ2v) is 6.02. The minimum absolute atomic E-state index is 0.184. The summed E-state index contributed by atoms with van der Waals surface area (Å²) in [5, 5.41) is 13.1. The van der Waals surface area contributed by atoms with Crippen LogP contribution in [0.3, 0.4) is 0 Å². The SMILES string of the molecule is CC(C)c1nn(-c2cc(O[C@@H](CF)C(F)F)c(C(=O)O)cc2F)c(=O)n1C. The van der Waals surface area contributed by atoms with Crippen molar-refractivity contribution in [2.45, 2.75) is 32.3 Å². The molecule has 0 fully saturated rings. The van der Waals surface area contributed by atoms with E-state index in [4.69, 9.17) is 9.84 Å². The molecule has 1 N–H and O–H groups in total. The molecular weight excluding hydrogens is 374 g/mol. The second kappa shape index (κ2) is 7.80. The third-order valence-corrected chi connectivity index (χ3v) is 3.75. The first-order valence-electron chi connectivity index (χ1n) is 7.82. The van der Waals surface area contributed by atoms with Gasteiger partial charge in [-0.3, -0.25) is 4.57 Å². The van der Waals surface area contributed by atoms with Gasteiger partial charge in [0.15, 0.2) is 6.10 Å². The lowest BCUT2D eigenvalue weighted by Crippen LogP contribution is -2.29. The van der Waals surface area contributed by atoms with E-state index in [0.29, 0.717) is 16.6 Å². The summed E-state index contributed by atoms with van der Waals surface area (Å²) in [5.41, 5.74) is -2.03. The van der Waals surface area contributed by atoms with Crippen molar-refractivity contribution in [1.29, 1.82) is 0 Å². The molecule has 0 saturated heterocycles. The molecule has 1 heterocycles. The van der Waals surface area contributed by atoms with Gasteiger partial charge in [0.2, 0.25) is 0 Å². The lowest BCUT2D eigenvalue weighted by Gasteiger charge is -2.17. The van der Waals surface area contributed by atoms with Gasteiger partial charge in [-0.25, -0.2) is 27.2 Å². The number of aromatic nitrogens is 3. The molecule has 0 spiro atoms. The summed E-state index contributed by atoms with van der Waals surface area (Å²) in [4.78, 5) is 23.6. The summed E-state index contributed by atoms with van der Waals surface area (Å²) in [7, 11) is 1.41. The number of aromatic carboxylic acids is 1. The first-order valence-corrected chi connectivity index (χ1v) is 7.82. The van der Waals surface area contributed by atoms with Crippen LogP contribution >= 0.6 is 0 Å². The Morgan fingerprint density at radius 1 is 1.33 bits per heavy atom. The van der Waals surface area contributed by atoms with E-state index in [1.54, 1.807) is 13.8 Å². The lowest BCUT2D eigenvalue weighted by molar-refractivity contribution is -0.00198. The molecule has 1 aromatic carbocycles.